The molecule has 2 amide bonds. The molecular formula is C17H22N2O4. The second kappa shape index (κ2) is 7.10. The van der Waals surface area contributed by atoms with Gasteiger partial charge in [0, 0.05) is 23.6 Å². The number of fused-ring (bicyclic) bond motifs is 1. The van der Waals surface area contributed by atoms with E-state index in [1.165, 1.54) is 0 Å². The van der Waals surface area contributed by atoms with E-state index in [1.807, 2.05) is 0 Å². The van der Waals surface area contributed by atoms with Crippen LogP contribution in [0.5, 0.6) is 5.75 Å². The summed E-state index contributed by atoms with van der Waals surface area (Å²) in [6.45, 7) is 0.895. The van der Waals surface area contributed by atoms with Gasteiger partial charge >= 0.3 is 0 Å². The summed E-state index contributed by atoms with van der Waals surface area (Å²) in [5.41, 5.74) is 1.23. The first-order valence-corrected chi connectivity index (χ1v) is 8.17. The minimum atomic E-state index is -0.946. The molecule has 3 N–H and O–H groups in total. The molecule has 0 aromatic heterocycles. The number of carbonyl (C=O) groups is 2. The van der Waals surface area contributed by atoms with E-state index in [1.54, 1.807) is 18.2 Å². The first-order chi connectivity index (χ1) is 11.1. The lowest BCUT2D eigenvalue weighted by Crippen LogP contribution is -2.36. The highest BCUT2D eigenvalue weighted by Crippen LogP contribution is 2.25. The molecule has 1 fully saturated rings. The minimum Gasteiger partial charge on any atom is -0.463 e. The number of amides is 2. The van der Waals surface area contributed by atoms with Gasteiger partial charge in [0.1, 0.15) is 5.75 Å². The lowest BCUT2D eigenvalue weighted by Gasteiger charge is -2.20. The number of nitrogens with one attached hydrogen (secondary N) is 2. The topological polar surface area (TPSA) is 87.7 Å². The number of ether oxygens (including phenoxy) is 1. The second-order valence-corrected chi connectivity index (χ2v) is 6.18. The Labute approximate surface area is 135 Å². The maximum Gasteiger partial charge on any atom is 0.257 e. The van der Waals surface area contributed by atoms with Crippen LogP contribution in [0.25, 0.3) is 0 Å². The number of imide groups is 1. The third kappa shape index (κ3) is 3.89. The van der Waals surface area contributed by atoms with Gasteiger partial charge in [0.05, 0.1) is 6.54 Å². The molecule has 3 rings (SSSR count). The zero-order chi connectivity index (χ0) is 16.2. The van der Waals surface area contributed by atoms with Gasteiger partial charge in [-0.2, -0.15) is 0 Å². The number of aliphatic hydroxyl groups is 1. The molecule has 23 heavy (non-hydrogen) atoms. The van der Waals surface area contributed by atoms with Crippen LogP contribution in [0, 0.1) is 5.92 Å². The molecule has 0 bridgehead atoms. The van der Waals surface area contributed by atoms with Gasteiger partial charge in [0.15, 0.2) is 0 Å². The van der Waals surface area contributed by atoms with Gasteiger partial charge in [-0.05, 0) is 25.0 Å². The predicted octanol–water partition coefficient (Wildman–Crippen LogP) is 1.32. The van der Waals surface area contributed by atoms with E-state index in [4.69, 9.17) is 4.74 Å². The number of benzene rings is 1. The van der Waals surface area contributed by atoms with Gasteiger partial charge in [0.2, 0.25) is 12.2 Å². The van der Waals surface area contributed by atoms with Crippen LogP contribution in [0.15, 0.2) is 18.2 Å². The number of β-amino-alcohol motifs (C(OH)–C–C–N with tert-alkyl or cyclic N) is 1. The molecule has 1 unspecified atom stereocenters. The number of hydrogen-bond donors (Lipinski definition) is 3. The van der Waals surface area contributed by atoms with Crippen LogP contribution in [-0.4, -0.2) is 29.8 Å². The lowest BCUT2D eigenvalue weighted by molar-refractivity contribution is -0.124. The maximum absolute atomic E-state index is 12.3. The van der Waals surface area contributed by atoms with Crippen molar-refractivity contribution in [3.63, 3.8) is 0 Å². The Morgan fingerprint density at radius 1 is 1.22 bits per heavy atom. The Morgan fingerprint density at radius 2 is 2.00 bits per heavy atom. The highest BCUT2D eigenvalue weighted by Gasteiger charge is 2.24. The summed E-state index contributed by atoms with van der Waals surface area (Å²) >= 11 is 0. The van der Waals surface area contributed by atoms with E-state index in [0.717, 1.165) is 37.7 Å². The summed E-state index contributed by atoms with van der Waals surface area (Å²) in [7, 11) is 0. The number of rotatable bonds is 2. The van der Waals surface area contributed by atoms with Crippen molar-refractivity contribution < 1.29 is 19.4 Å². The molecule has 1 aliphatic heterocycles. The van der Waals surface area contributed by atoms with E-state index in [9.17, 15) is 14.7 Å². The molecular weight excluding hydrogens is 296 g/mol. The molecule has 0 saturated heterocycles. The van der Waals surface area contributed by atoms with Crippen molar-refractivity contribution in [3.05, 3.63) is 29.3 Å². The smallest absolute Gasteiger partial charge is 0.257 e. The summed E-state index contributed by atoms with van der Waals surface area (Å²) in [4.78, 5) is 24.4. The van der Waals surface area contributed by atoms with Crippen LogP contribution in [0.1, 0.15) is 48.0 Å². The molecule has 1 atom stereocenters. The Bertz CT molecular complexity index is 596. The maximum atomic E-state index is 12.3. The predicted molar refractivity (Wildman–Crippen MR) is 83.8 cm³/mol. The van der Waals surface area contributed by atoms with Crippen molar-refractivity contribution in [2.45, 2.75) is 44.9 Å². The van der Waals surface area contributed by atoms with Crippen LogP contribution in [0.4, 0.5) is 0 Å². The lowest BCUT2D eigenvalue weighted by atomic mass is 9.88. The second-order valence-electron chi connectivity index (χ2n) is 6.18. The molecule has 2 aliphatic rings. The van der Waals surface area contributed by atoms with Crippen LogP contribution in [0.3, 0.4) is 0 Å². The van der Waals surface area contributed by atoms with Crippen molar-refractivity contribution >= 4 is 11.8 Å². The summed E-state index contributed by atoms with van der Waals surface area (Å²) < 4.78 is 5.40. The first kappa shape index (κ1) is 16.0. The Hall–Kier alpha value is -1.92. The van der Waals surface area contributed by atoms with Crippen molar-refractivity contribution in [1.82, 2.24) is 10.6 Å². The fraction of sp³-hybridized carbons (Fsp3) is 0.529. The molecule has 0 spiro atoms. The van der Waals surface area contributed by atoms with Gasteiger partial charge in [0.25, 0.3) is 5.91 Å². The number of aliphatic hydroxyl groups excluding tert-OH is 1. The highest BCUT2D eigenvalue weighted by molar-refractivity contribution is 6.05. The third-order valence-electron chi connectivity index (χ3n) is 4.44. The average molecular weight is 318 g/mol. The van der Waals surface area contributed by atoms with Crippen LogP contribution < -0.4 is 15.4 Å². The fourth-order valence-electron chi connectivity index (χ4n) is 3.12. The number of carbonyl (C=O) groups excluding carboxylic acids is 2. The summed E-state index contributed by atoms with van der Waals surface area (Å²) in [6, 6.07) is 5.03. The summed E-state index contributed by atoms with van der Waals surface area (Å²) in [6.07, 6.45) is 4.01. The van der Waals surface area contributed by atoms with Crippen molar-refractivity contribution in [2.24, 2.45) is 5.92 Å². The molecule has 6 heteroatoms. The van der Waals surface area contributed by atoms with Gasteiger partial charge in [-0.25, -0.2) is 0 Å². The molecule has 1 aliphatic carbocycles. The molecule has 0 radical (unpaired) electrons. The van der Waals surface area contributed by atoms with Crippen molar-refractivity contribution in [1.29, 1.82) is 0 Å². The monoisotopic (exact) mass is 318 g/mol. The van der Waals surface area contributed by atoms with Gasteiger partial charge in [-0.1, -0.05) is 25.3 Å². The van der Waals surface area contributed by atoms with E-state index in [2.05, 4.69) is 10.6 Å². The SMILES string of the molecule is O=C(NC(=O)C1CCCCC1)c1ccc2c(c1)OC(O)CNC2. The third-order valence-corrected chi connectivity index (χ3v) is 4.44. The standard InChI is InChI=1S/C17H22N2O4/c20-15-10-18-9-13-7-6-12(8-14(13)23-15)17(22)19-16(21)11-4-2-1-3-5-11/h6-8,11,15,18,20H,1-5,9-10H2,(H,19,21,22). The van der Waals surface area contributed by atoms with Crippen LogP contribution >= 0.6 is 0 Å². The summed E-state index contributed by atoms with van der Waals surface area (Å²) in [5, 5.41) is 15.2. The van der Waals surface area contributed by atoms with Gasteiger partial charge in [-0.15, -0.1) is 0 Å². The molecule has 1 heterocycles. The minimum absolute atomic E-state index is 0.0594. The Kier molecular flexibility index (Phi) is 4.93. The van der Waals surface area contributed by atoms with E-state index < -0.39 is 12.2 Å². The van der Waals surface area contributed by atoms with Crippen molar-refractivity contribution in [2.75, 3.05) is 6.54 Å². The summed E-state index contributed by atoms with van der Waals surface area (Å²) in [5.74, 6) is -0.193. The zero-order valence-corrected chi connectivity index (χ0v) is 13.0. The molecule has 6 nitrogen and oxygen atoms in total. The molecule has 1 aromatic rings. The molecule has 1 saturated carbocycles. The highest BCUT2D eigenvalue weighted by atomic mass is 16.6. The van der Waals surface area contributed by atoms with E-state index in [-0.39, 0.29) is 11.8 Å². The molecule has 124 valence electrons. The quantitative estimate of drug-likeness (QED) is 0.716. The zero-order valence-electron chi connectivity index (χ0n) is 13.0. The van der Waals surface area contributed by atoms with E-state index in [0.29, 0.717) is 24.4 Å². The van der Waals surface area contributed by atoms with Gasteiger partial charge in [-0.3, -0.25) is 14.9 Å². The Morgan fingerprint density at radius 3 is 2.78 bits per heavy atom. The van der Waals surface area contributed by atoms with Crippen molar-refractivity contribution in [3.8, 4) is 5.75 Å². The van der Waals surface area contributed by atoms with Gasteiger partial charge < -0.3 is 15.2 Å². The molecule has 1 aromatic carbocycles. The normalized spacial score (nSPS) is 21.7. The number of hydrogen-bond acceptors (Lipinski definition) is 5. The average Bonchev–Trinajstić information content (AvgIpc) is 2.75. The first-order valence-electron chi connectivity index (χ1n) is 8.17. The fourth-order valence-corrected chi connectivity index (χ4v) is 3.12. The van der Waals surface area contributed by atoms with Crippen LogP contribution in [-0.2, 0) is 11.3 Å². The Balaban J connectivity index is 1.68. The van der Waals surface area contributed by atoms with Crippen LogP contribution in [0.2, 0.25) is 0 Å². The largest absolute Gasteiger partial charge is 0.463 e. The van der Waals surface area contributed by atoms with E-state index >= 15 is 0 Å².